The fourth-order valence-electron chi connectivity index (χ4n) is 5.59. The van der Waals surface area contributed by atoms with E-state index in [4.69, 9.17) is 0 Å². The monoisotopic (exact) mass is 544 g/mol. The highest BCUT2D eigenvalue weighted by atomic mass is 32.2. The van der Waals surface area contributed by atoms with Gasteiger partial charge in [0.05, 0.1) is 10.5 Å². The van der Waals surface area contributed by atoms with Crippen LogP contribution >= 0.6 is 11.3 Å². The molecule has 0 aliphatic carbocycles. The van der Waals surface area contributed by atoms with Crippen molar-refractivity contribution in [3.63, 3.8) is 0 Å². The first-order chi connectivity index (χ1) is 17.8. The summed E-state index contributed by atoms with van der Waals surface area (Å²) >= 11 is 1.49. The third kappa shape index (κ3) is 5.34. The minimum absolute atomic E-state index is 0.00690. The van der Waals surface area contributed by atoms with Gasteiger partial charge in [-0.15, -0.1) is 11.3 Å². The third-order valence-electron chi connectivity index (χ3n) is 7.79. The van der Waals surface area contributed by atoms with Crippen molar-refractivity contribution < 1.29 is 18.0 Å². The molecule has 1 aromatic carbocycles. The number of sulfonamides is 1. The zero-order chi connectivity index (χ0) is 26.2. The van der Waals surface area contributed by atoms with Crippen LogP contribution in [0.25, 0.3) is 0 Å². The summed E-state index contributed by atoms with van der Waals surface area (Å²) in [7, 11) is -3.58. The Morgan fingerprint density at radius 1 is 1.05 bits per heavy atom. The van der Waals surface area contributed by atoms with Gasteiger partial charge in [-0.25, -0.2) is 8.42 Å². The van der Waals surface area contributed by atoms with Crippen LogP contribution in [0.4, 0.5) is 5.00 Å². The summed E-state index contributed by atoms with van der Waals surface area (Å²) in [4.78, 5) is 32.3. The number of nitrogens with one attached hydrogen (secondary N) is 1. The van der Waals surface area contributed by atoms with Gasteiger partial charge in [0.1, 0.15) is 5.00 Å². The minimum atomic E-state index is -3.58. The lowest BCUT2D eigenvalue weighted by atomic mass is 10.0. The van der Waals surface area contributed by atoms with E-state index < -0.39 is 10.0 Å². The number of piperidine rings is 1. The Bertz CT molecular complexity index is 1270. The number of likely N-dealkylation sites (N-methyl/N-ethyl adjacent to an activating group) is 1. The number of hydrogen-bond acceptors (Lipinski definition) is 6. The number of benzene rings is 1. The van der Waals surface area contributed by atoms with E-state index in [9.17, 15) is 18.0 Å². The summed E-state index contributed by atoms with van der Waals surface area (Å²) in [6, 6.07) is 6.14. The summed E-state index contributed by atoms with van der Waals surface area (Å²) in [5, 5.41) is 3.60. The summed E-state index contributed by atoms with van der Waals surface area (Å²) in [5.41, 5.74) is 2.08. The number of likely N-dealkylation sites (tertiary alicyclic amines) is 1. The van der Waals surface area contributed by atoms with E-state index >= 15 is 0 Å². The molecule has 2 amide bonds. The van der Waals surface area contributed by atoms with Crippen molar-refractivity contribution in [1.29, 1.82) is 0 Å². The zero-order valence-electron chi connectivity index (χ0n) is 21.7. The molecule has 0 radical (unpaired) electrons. The lowest BCUT2D eigenvalue weighted by molar-refractivity contribution is 0.0792. The van der Waals surface area contributed by atoms with Crippen molar-refractivity contribution >= 4 is 38.2 Å². The first-order valence-electron chi connectivity index (χ1n) is 13.4. The van der Waals surface area contributed by atoms with Gasteiger partial charge in [0.2, 0.25) is 10.0 Å². The largest absolute Gasteiger partial charge is 0.339 e. The fraction of sp³-hybridized carbons (Fsp3) is 0.556. The summed E-state index contributed by atoms with van der Waals surface area (Å²) in [6.45, 7) is 9.40. The average Bonchev–Trinajstić information content (AvgIpc) is 3.56. The molecular formula is C27H36N4O4S2. The van der Waals surface area contributed by atoms with Gasteiger partial charge in [-0.3, -0.25) is 14.5 Å². The second kappa shape index (κ2) is 10.8. The SMILES string of the molecule is CCN1CCc2c(sc(NC(=O)c3ccc(S(=O)(=O)N4CCCC(C)C4)cc3)c2C(=O)N2CCCC2)C1. The molecule has 8 nitrogen and oxygen atoms in total. The highest BCUT2D eigenvalue weighted by Crippen LogP contribution is 2.38. The Morgan fingerprint density at radius 2 is 1.78 bits per heavy atom. The Morgan fingerprint density at radius 3 is 2.46 bits per heavy atom. The van der Waals surface area contributed by atoms with Crippen LogP contribution in [-0.4, -0.2) is 73.6 Å². The molecule has 200 valence electrons. The molecule has 0 bridgehead atoms. The molecule has 1 atom stereocenters. The smallest absolute Gasteiger partial charge is 0.257 e. The van der Waals surface area contributed by atoms with Crippen LogP contribution in [0, 0.1) is 5.92 Å². The average molecular weight is 545 g/mol. The Kier molecular flexibility index (Phi) is 7.72. The molecule has 4 heterocycles. The molecule has 10 heteroatoms. The van der Waals surface area contributed by atoms with E-state index in [1.165, 1.54) is 23.5 Å². The van der Waals surface area contributed by atoms with Crippen molar-refractivity contribution in [2.75, 3.05) is 44.6 Å². The lowest BCUT2D eigenvalue weighted by Crippen LogP contribution is -2.39. The zero-order valence-corrected chi connectivity index (χ0v) is 23.3. The van der Waals surface area contributed by atoms with Crippen LogP contribution in [0.15, 0.2) is 29.2 Å². The Labute approximate surface area is 223 Å². The predicted octanol–water partition coefficient (Wildman–Crippen LogP) is 4.04. The van der Waals surface area contributed by atoms with Crippen LogP contribution in [0.3, 0.4) is 0 Å². The molecule has 0 saturated carbocycles. The van der Waals surface area contributed by atoms with Crippen molar-refractivity contribution in [3.05, 3.63) is 45.8 Å². The quantitative estimate of drug-likeness (QED) is 0.593. The number of nitrogens with zero attached hydrogens (tertiary/aromatic N) is 3. The lowest BCUT2D eigenvalue weighted by Gasteiger charge is -2.30. The Balaban J connectivity index is 1.37. The second-order valence-electron chi connectivity index (χ2n) is 10.4. The van der Waals surface area contributed by atoms with E-state index in [1.54, 1.807) is 16.4 Å². The van der Waals surface area contributed by atoms with Gasteiger partial charge >= 0.3 is 0 Å². The molecule has 3 aliphatic rings. The maximum Gasteiger partial charge on any atom is 0.257 e. The molecule has 2 fully saturated rings. The highest BCUT2D eigenvalue weighted by molar-refractivity contribution is 7.89. The fourth-order valence-corrected chi connectivity index (χ4v) is 8.46. The van der Waals surface area contributed by atoms with Gasteiger partial charge in [0, 0.05) is 49.7 Å². The van der Waals surface area contributed by atoms with E-state index in [0.717, 1.165) is 75.3 Å². The van der Waals surface area contributed by atoms with Gasteiger partial charge in [0.25, 0.3) is 11.8 Å². The van der Waals surface area contributed by atoms with Crippen LogP contribution in [0.5, 0.6) is 0 Å². The van der Waals surface area contributed by atoms with Gasteiger partial charge in [0.15, 0.2) is 0 Å². The highest BCUT2D eigenvalue weighted by Gasteiger charge is 2.32. The molecule has 37 heavy (non-hydrogen) atoms. The summed E-state index contributed by atoms with van der Waals surface area (Å²) < 4.78 is 27.7. The van der Waals surface area contributed by atoms with Gasteiger partial charge in [-0.2, -0.15) is 4.31 Å². The maximum atomic E-state index is 13.5. The molecule has 0 spiro atoms. The minimum Gasteiger partial charge on any atom is -0.339 e. The molecule has 1 unspecified atom stereocenters. The summed E-state index contributed by atoms with van der Waals surface area (Å²) in [6.07, 6.45) is 4.71. The van der Waals surface area contributed by atoms with Crippen LogP contribution < -0.4 is 5.32 Å². The number of carbonyl (C=O) groups is 2. The molecule has 2 aromatic rings. The molecular weight excluding hydrogens is 508 g/mol. The van der Waals surface area contributed by atoms with E-state index in [2.05, 4.69) is 24.1 Å². The van der Waals surface area contributed by atoms with Gasteiger partial charge < -0.3 is 10.2 Å². The number of amides is 2. The number of carbonyl (C=O) groups excluding carboxylic acids is 2. The number of rotatable bonds is 6. The molecule has 3 aliphatic heterocycles. The topological polar surface area (TPSA) is 90.0 Å². The van der Waals surface area contributed by atoms with E-state index in [1.807, 2.05) is 4.90 Å². The second-order valence-corrected chi connectivity index (χ2v) is 13.5. The van der Waals surface area contributed by atoms with Crippen molar-refractivity contribution in [2.45, 2.75) is 57.4 Å². The summed E-state index contributed by atoms with van der Waals surface area (Å²) in [5.74, 6) is 0.0106. The number of hydrogen-bond donors (Lipinski definition) is 1. The third-order valence-corrected chi connectivity index (χ3v) is 10.8. The maximum absolute atomic E-state index is 13.5. The molecule has 1 aromatic heterocycles. The van der Waals surface area contributed by atoms with Crippen molar-refractivity contribution in [2.24, 2.45) is 5.92 Å². The number of anilines is 1. The first kappa shape index (κ1) is 26.3. The molecule has 2 saturated heterocycles. The molecule has 1 N–H and O–H groups in total. The van der Waals surface area contributed by atoms with Crippen LogP contribution in [0.1, 0.15) is 70.7 Å². The normalized spacial score (nSPS) is 21.1. The van der Waals surface area contributed by atoms with Crippen LogP contribution in [0.2, 0.25) is 0 Å². The van der Waals surface area contributed by atoms with Gasteiger partial charge in [-0.05, 0) is 74.4 Å². The van der Waals surface area contributed by atoms with Crippen LogP contribution in [-0.2, 0) is 23.0 Å². The van der Waals surface area contributed by atoms with E-state index in [-0.39, 0.29) is 16.7 Å². The Hall–Kier alpha value is -2.27. The number of fused-ring (bicyclic) bond motifs is 1. The predicted molar refractivity (Wildman–Crippen MR) is 146 cm³/mol. The van der Waals surface area contributed by atoms with Gasteiger partial charge in [-0.1, -0.05) is 13.8 Å². The standard InChI is InChI=1S/C27H36N4O4S2/c1-3-29-16-12-22-23(18-29)36-26(24(22)27(33)30-13-4-5-14-30)28-25(32)20-8-10-21(11-9-20)37(34,35)31-15-6-7-19(2)17-31/h8-11,19H,3-7,12-18H2,1-2H3,(H,28,32). The number of thiophene rings is 1. The van der Waals surface area contributed by atoms with E-state index in [0.29, 0.717) is 35.1 Å². The molecule has 5 rings (SSSR count). The van der Waals surface area contributed by atoms with Crippen molar-refractivity contribution in [3.8, 4) is 0 Å². The first-order valence-corrected chi connectivity index (χ1v) is 15.6. The van der Waals surface area contributed by atoms with Crippen molar-refractivity contribution in [1.82, 2.24) is 14.1 Å².